The van der Waals surface area contributed by atoms with Gasteiger partial charge >= 0.3 is 0 Å². The number of hydrogen-bond donors (Lipinski definition) is 1. The number of aryl methyl sites for hydroxylation is 1. The number of thiophene rings is 1. The molecule has 0 spiro atoms. The predicted octanol–water partition coefficient (Wildman–Crippen LogP) is 5.36. The Bertz CT molecular complexity index is 1390. The number of anilines is 1. The average Bonchev–Trinajstić information content (AvgIpc) is 3.41. The Morgan fingerprint density at radius 3 is 2.56 bits per heavy atom. The molecule has 1 saturated carbocycles. The minimum atomic E-state index is -0.131. The van der Waals surface area contributed by atoms with E-state index in [1.807, 2.05) is 66.2 Å². The van der Waals surface area contributed by atoms with Gasteiger partial charge in [-0.05, 0) is 54.3 Å². The van der Waals surface area contributed by atoms with E-state index in [0.717, 1.165) is 46.5 Å². The Morgan fingerprint density at radius 2 is 1.86 bits per heavy atom. The first-order valence-corrected chi connectivity index (χ1v) is 14.1. The molecule has 1 aliphatic carbocycles. The van der Waals surface area contributed by atoms with Gasteiger partial charge in [0.2, 0.25) is 11.8 Å². The normalized spacial score (nSPS) is 17.5. The minimum Gasteiger partial charge on any atom is -0.352 e. The Morgan fingerprint density at radius 1 is 1.08 bits per heavy atom. The third kappa shape index (κ3) is 4.47. The summed E-state index contributed by atoms with van der Waals surface area (Å²) in [5.41, 5.74) is 5.92. The van der Waals surface area contributed by atoms with Crippen molar-refractivity contribution in [1.82, 2.24) is 15.1 Å². The molecule has 6 rings (SSSR count). The minimum absolute atomic E-state index is 0.0228. The highest BCUT2D eigenvalue weighted by atomic mass is 32.2. The second-order valence-electron chi connectivity index (χ2n) is 9.27. The van der Waals surface area contributed by atoms with Crippen LogP contribution in [0.25, 0.3) is 16.9 Å². The summed E-state index contributed by atoms with van der Waals surface area (Å²) in [6.07, 6.45) is 2.00. The van der Waals surface area contributed by atoms with Crippen LogP contribution in [-0.2, 0) is 9.59 Å². The van der Waals surface area contributed by atoms with Crippen molar-refractivity contribution in [3.05, 3.63) is 88.1 Å². The van der Waals surface area contributed by atoms with Gasteiger partial charge in [-0.25, -0.2) is 4.68 Å². The van der Waals surface area contributed by atoms with Crippen LogP contribution in [0, 0.1) is 6.92 Å². The van der Waals surface area contributed by atoms with E-state index < -0.39 is 0 Å². The van der Waals surface area contributed by atoms with Gasteiger partial charge in [0.05, 0.1) is 22.4 Å². The molecule has 2 amide bonds. The summed E-state index contributed by atoms with van der Waals surface area (Å²) in [6, 6.07) is 20.6. The summed E-state index contributed by atoms with van der Waals surface area (Å²) in [7, 11) is 0. The first-order chi connectivity index (χ1) is 17.6. The van der Waals surface area contributed by atoms with E-state index in [2.05, 4.69) is 22.1 Å². The lowest BCUT2D eigenvalue weighted by Gasteiger charge is -2.23. The second-order valence-corrected chi connectivity index (χ2v) is 11.1. The van der Waals surface area contributed by atoms with Crippen molar-refractivity contribution in [2.75, 3.05) is 17.2 Å². The molecule has 2 aromatic heterocycles. The molecule has 1 fully saturated rings. The Kier molecular flexibility index (Phi) is 6.15. The molecule has 0 bridgehead atoms. The van der Waals surface area contributed by atoms with Crippen LogP contribution < -0.4 is 10.2 Å². The van der Waals surface area contributed by atoms with Crippen LogP contribution in [0.1, 0.15) is 34.8 Å². The number of fused-ring (bicyclic) bond motifs is 1. The molecule has 1 N–H and O–H groups in total. The monoisotopic (exact) mass is 514 g/mol. The van der Waals surface area contributed by atoms with Crippen LogP contribution >= 0.6 is 23.1 Å². The molecular formula is C28H26N4O2S2. The first kappa shape index (κ1) is 23.1. The number of thioether (sulfide) groups is 1. The SMILES string of the molecule is Cc1ccc(-n2nc(-c3ccccc3)c3c2N(CC(=O)NC2CC2)C(=O)CS[C@H]3c2ccsc2)cc1. The van der Waals surface area contributed by atoms with E-state index in [9.17, 15) is 9.59 Å². The molecular weight excluding hydrogens is 488 g/mol. The lowest BCUT2D eigenvalue weighted by Crippen LogP contribution is -2.43. The van der Waals surface area contributed by atoms with Gasteiger partial charge in [0.25, 0.3) is 0 Å². The molecule has 0 radical (unpaired) electrons. The van der Waals surface area contributed by atoms with Gasteiger partial charge < -0.3 is 5.32 Å². The van der Waals surface area contributed by atoms with Crippen molar-refractivity contribution in [3.63, 3.8) is 0 Å². The standard InChI is InChI=1S/C28H26N4O2S2/c1-18-7-11-22(12-8-18)32-28-25(26(30-32)19-5-3-2-4-6-19)27(20-13-14-35-16-20)36-17-24(34)31(28)15-23(33)29-21-9-10-21/h2-8,11-14,16,21,27H,9-10,15,17H2,1H3,(H,29,33)/t27-/m0/s1. The lowest BCUT2D eigenvalue weighted by atomic mass is 10.0. The van der Waals surface area contributed by atoms with E-state index >= 15 is 0 Å². The van der Waals surface area contributed by atoms with Crippen molar-refractivity contribution in [2.45, 2.75) is 31.1 Å². The molecule has 1 aliphatic heterocycles. The number of nitrogens with one attached hydrogen (secondary N) is 1. The summed E-state index contributed by atoms with van der Waals surface area (Å²) in [4.78, 5) is 28.2. The molecule has 3 heterocycles. The van der Waals surface area contributed by atoms with E-state index in [1.54, 1.807) is 28.0 Å². The zero-order valence-electron chi connectivity index (χ0n) is 19.9. The molecule has 0 saturated heterocycles. The molecule has 4 aromatic rings. The van der Waals surface area contributed by atoms with Crippen LogP contribution in [0.4, 0.5) is 5.82 Å². The number of aromatic nitrogens is 2. The van der Waals surface area contributed by atoms with Crippen molar-refractivity contribution < 1.29 is 9.59 Å². The maximum atomic E-state index is 13.6. The highest BCUT2D eigenvalue weighted by Crippen LogP contribution is 2.48. The molecule has 0 unspecified atom stereocenters. The molecule has 2 aromatic carbocycles. The summed E-state index contributed by atoms with van der Waals surface area (Å²) in [5, 5.41) is 12.3. The molecule has 36 heavy (non-hydrogen) atoms. The number of nitrogens with zero attached hydrogens (tertiary/aromatic N) is 3. The number of hydrogen-bond acceptors (Lipinski definition) is 5. The van der Waals surface area contributed by atoms with Crippen molar-refractivity contribution in [3.8, 4) is 16.9 Å². The third-order valence-electron chi connectivity index (χ3n) is 6.50. The van der Waals surface area contributed by atoms with E-state index in [1.165, 1.54) is 0 Å². The van der Waals surface area contributed by atoms with Crippen LogP contribution in [0.3, 0.4) is 0 Å². The first-order valence-electron chi connectivity index (χ1n) is 12.1. The average molecular weight is 515 g/mol. The fourth-order valence-corrected chi connectivity index (χ4v) is 6.49. The Hall–Kier alpha value is -3.36. The molecule has 1 atom stereocenters. The summed E-state index contributed by atoms with van der Waals surface area (Å²) in [6.45, 7) is 2.02. The van der Waals surface area contributed by atoms with Gasteiger partial charge in [-0.2, -0.15) is 16.4 Å². The van der Waals surface area contributed by atoms with Gasteiger partial charge in [0.15, 0.2) is 0 Å². The number of carbonyl (C=O) groups excluding carboxylic acids is 2. The highest BCUT2D eigenvalue weighted by Gasteiger charge is 2.38. The number of amides is 2. The van der Waals surface area contributed by atoms with Crippen molar-refractivity contribution in [1.29, 1.82) is 0 Å². The Balaban J connectivity index is 1.59. The quantitative estimate of drug-likeness (QED) is 0.376. The summed E-state index contributed by atoms with van der Waals surface area (Å²) >= 11 is 3.24. The van der Waals surface area contributed by atoms with E-state index in [-0.39, 0.29) is 35.4 Å². The summed E-state index contributed by atoms with van der Waals surface area (Å²) < 4.78 is 1.85. The maximum Gasteiger partial charge on any atom is 0.240 e. The second kappa shape index (κ2) is 9.59. The van der Waals surface area contributed by atoms with E-state index in [0.29, 0.717) is 5.82 Å². The Labute approximate surface area is 218 Å². The number of carbonyl (C=O) groups is 2. The van der Waals surface area contributed by atoms with Crippen LogP contribution in [-0.4, -0.2) is 39.9 Å². The predicted molar refractivity (Wildman–Crippen MR) is 146 cm³/mol. The van der Waals surface area contributed by atoms with Crippen LogP contribution in [0.2, 0.25) is 0 Å². The summed E-state index contributed by atoms with van der Waals surface area (Å²) in [5.74, 6) is 0.745. The topological polar surface area (TPSA) is 67.2 Å². The molecule has 182 valence electrons. The number of rotatable bonds is 6. The molecule has 6 nitrogen and oxygen atoms in total. The fourth-order valence-electron chi connectivity index (χ4n) is 4.53. The van der Waals surface area contributed by atoms with Crippen LogP contribution in [0.5, 0.6) is 0 Å². The molecule has 2 aliphatic rings. The van der Waals surface area contributed by atoms with Crippen LogP contribution in [0.15, 0.2) is 71.4 Å². The van der Waals surface area contributed by atoms with Gasteiger partial charge in [0.1, 0.15) is 12.4 Å². The van der Waals surface area contributed by atoms with Gasteiger partial charge in [-0.3, -0.25) is 14.5 Å². The zero-order chi connectivity index (χ0) is 24.6. The van der Waals surface area contributed by atoms with Crippen molar-refractivity contribution in [2.24, 2.45) is 0 Å². The maximum absolute atomic E-state index is 13.6. The third-order valence-corrected chi connectivity index (χ3v) is 8.46. The smallest absolute Gasteiger partial charge is 0.240 e. The highest BCUT2D eigenvalue weighted by molar-refractivity contribution is 8.00. The largest absolute Gasteiger partial charge is 0.352 e. The van der Waals surface area contributed by atoms with Crippen molar-refractivity contribution >= 4 is 40.7 Å². The van der Waals surface area contributed by atoms with Gasteiger partial charge in [0, 0.05) is 17.2 Å². The lowest BCUT2D eigenvalue weighted by molar-refractivity contribution is -0.123. The number of benzene rings is 2. The van der Waals surface area contributed by atoms with E-state index in [4.69, 9.17) is 5.10 Å². The molecule has 8 heteroatoms. The van der Waals surface area contributed by atoms with Gasteiger partial charge in [-0.15, -0.1) is 11.8 Å². The zero-order valence-corrected chi connectivity index (χ0v) is 21.5. The fraction of sp³-hybridized carbons (Fsp3) is 0.250. The van der Waals surface area contributed by atoms with Gasteiger partial charge in [-0.1, -0.05) is 48.0 Å².